The third-order valence-corrected chi connectivity index (χ3v) is 6.16. The Hall–Kier alpha value is -3.22. The normalized spacial score (nSPS) is 19.5. The fraction of sp³-hybridized carbons (Fsp3) is 0.417. The van der Waals surface area contributed by atoms with Crippen LogP contribution in [0.4, 0.5) is 5.69 Å². The average Bonchev–Trinajstić information content (AvgIpc) is 2.81. The number of anilines is 1. The van der Waals surface area contributed by atoms with Gasteiger partial charge in [0.25, 0.3) is 0 Å². The molecule has 0 N–H and O–H groups in total. The Morgan fingerprint density at radius 1 is 1.03 bits per heavy atom. The summed E-state index contributed by atoms with van der Waals surface area (Å²) in [6.07, 6.45) is 2.74. The molecular weight excluding hydrogens is 392 g/mol. The summed E-state index contributed by atoms with van der Waals surface area (Å²) in [5.41, 5.74) is 2.62. The van der Waals surface area contributed by atoms with Gasteiger partial charge in [0.15, 0.2) is 5.78 Å². The summed E-state index contributed by atoms with van der Waals surface area (Å²) in [6, 6.07) is 13.3. The molecule has 1 unspecified atom stereocenters. The molecule has 1 atom stereocenters. The predicted molar refractivity (Wildman–Crippen MR) is 118 cm³/mol. The molecule has 2 aromatic rings. The van der Waals surface area contributed by atoms with Crippen LogP contribution in [0.15, 0.2) is 48.7 Å². The maximum atomic E-state index is 13.1. The second kappa shape index (κ2) is 9.29. The molecule has 0 spiro atoms. The molecule has 0 aliphatic carbocycles. The molecule has 3 heterocycles. The molecule has 2 fully saturated rings. The van der Waals surface area contributed by atoms with E-state index in [-0.39, 0.29) is 23.5 Å². The Kier molecular flexibility index (Phi) is 6.30. The SMILES string of the molecule is CC(=O)c1ccc(N2CCN(C(=O)C3CCC(=O)N(Cc4ccccn4)C3)CC2)cc1. The van der Waals surface area contributed by atoms with E-state index in [4.69, 9.17) is 0 Å². The highest BCUT2D eigenvalue weighted by atomic mass is 16.2. The Labute approximate surface area is 182 Å². The van der Waals surface area contributed by atoms with Crippen molar-refractivity contribution in [1.82, 2.24) is 14.8 Å². The third kappa shape index (κ3) is 4.93. The topological polar surface area (TPSA) is 73.8 Å². The van der Waals surface area contributed by atoms with E-state index >= 15 is 0 Å². The number of carbonyl (C=O) groups excluding carboxylic acids is 3. The van der Waals surface area contributed by atoms with Crippen LogP contribution in [0.2, 0.25) is 0 Å². The summed E-state index contributed by atoms with van der Waals surface area (Å²) in [5.74, 6) is 0.145. The molecule has 7 nitrogen and oxygen atoms in total. The predicted octanol–water partition coefficient (Wildman–Crippen LogP) is 2.37. The van der Waals surface area contributed by atoms with Crippen molar-refractivity contribution in [3.8, 4) is 0 Å². The summed E-state index contributed by atoms with van der Waals surface area (Å²) in [7, 11) is 0. The Morgan fingerprint density at radius 3 is 2.42 bits per heavy atom. The number of amides is 2. The van der Waals surface area contributed by atoms with Gasteiger partial charge >= 0.3 is 0 Å². The van der Waals surface area contributed by atoms with Crippen LogP contribution < -0.4 is 4.90 Å². The zero-order valence-electron chi connectivity index (χ0n) is 17.9. The first-order valence-electron chi connectivity index (χ1n) is 10.8. The number of piperidine rings is 1. The molecule has 31 heavy (non-hydrogen) atoms. The highest BCUT2D eigenvalue weighted by molar-refractivity contribution is 5.94. The summed E-state index contributed by atoms with van der Waals surface area (Å²) >= 11 is 0. The van der Waals surface area contributed by atoms with Crippen molar-refractivity contribution in [3.63, 3.8) is 0 Å². The lowest BCUT2D eigenvalue weighted by Gasteiger charge is -2.39. The van der Waals surface area contributed by atoms with Crippen LogP contribution in [0.5, 0.6) is 0 Å². The Morgan fingerprint density at radius 2 is 1.77 bits per heavy atom. The van der Waals surface area contributed by atoms with Crippen LogP contribution in [-0.2, 0) is 16.1 Å². The van der Waals surface area contributed by atoms with Crippen molar-refractivity contribution in [2.45, 2.75) is 26.3 Å². The van der Waals surface area contributed by atoms with Gasteiger partial charge in [-0.15, -0.1) is 0 Å². The average molecular weight is 421 g/mol. The Bertz CT molecular complexity index is 937. The van der Waals surface area contributed by atoms with Gasteiger partial charge in [-0.1, -0.05) is 6.07 Å². The van der Waals surface area contributed by atoms with Gasteiger partial charge in [0.2, 0.25) is 11.8 Å². The monoisotopic (exact) mass is 420 g/mol. The zero-order chi connectivity index (χ0) is 21.8. The van der Waals surface area contributed by atoms with Gasteiger partial charge in [0, 0.05) is 56.6 Å². The molecule has 0 bridgehead atoms. The number of Topliss-reactive ketones (excluding diaryl/α,β-unsaturated/α-hetero) is 1. The van der Waals surface area contributed by atoms with Crippen molar-refractivity contribution in [3.05, 3.63) is 59.9 Å². The largest absolute Gasteiger partial charge is 0.368 e. The number of piperazine rings is 1. The van der Waals surface area contributed by atoms with Crippen molar-refractivity contribution in [2.75, 3.05) is 37.6 Å². The lowest BCUT2D eigenvalue weighted by atomic mass is 9.95. The zero-order valence-corrected chi connectivity index (χ0v) is 17.9. The molecule has 0 saturated carbocycles. The first-order chi connectivity index (χ1) is 15.0. The second-order valence-corrected chi connectivity index (χ2v) is 8.25. The molecule has 2 aliphatic heterocycles. The lowest BCUT2D eigenvalue weighted by Crippen LogP contribution is -2.53. The standard InChI is InChI=1S/C24H28N4O3/c1-18(29)19-5-8-22(9-6-19)26-12-14-27(15-13-26)24(31)20-7-10-23(30)28(16-20)17-21-4-2-3-11-25-21/h2-6,8-9,11,20H,7,10,12-17H2,1H3. The number of carbonyl (C=O) groups is 3. The van der Waals surface area contributed by atoms with Crippen molar-refractivity contribution >= 4 is 23.3 Å². The lowest BCUT2D eigenvalue weighted by molar-refractivity contribution is -0.143. The molecule has 2 aliphatic rings. The fourth-order valence-corrected chi connectivity index (χ4v) is 4.31. The quantitative estimate of drug-likeness (QED) is 0.695. The molecule has 1 aromatic carbocycles. The van der Waals surface area contributed by atoms with E-state index in [1.807, 2.05) is 47.4 Å². The third-order valence-electron chi connectivity index (χ3n) is 6.16. The van der Waals surface area contributed by atoms with E-state index in [0.717, 1.165) is 24.5 Å². The van der Waals surface area contributed by atoms with E-state index in [2.05, 4.69) is 9.88 Å². The smallest absolute Gasteiger partial charge is 0.227 e. The number of hydrogen-bond acceptors (Lipinski definition) is 5. The first-order valence-corrected chi connectivity index (χ1v) is 10.8. The first kappa shape index (κ1) is 21.0. The van der Waals surface area contributed by atoms with Gasteiger partial charge in [0.05, 0.1) is 18.2 Å². The van der Waals surface area contributed by atoms with Gasteiger partial charge in [0.1, 0.15) is 0 Å². The van der Waals surface area contributed by atoms with Gasteiger partial charge in [-0.05, 0) is 49.7 Å². The summed E-state index contributed by atoms with van der Waals surface area (Å²) in [4.78, 5) is 47.2. The van der Waals surface area contributed by atoms with Crippen LogP contribution in [0.25, 0.3) is 0 Å². The fourth-order valence-electron chi connectivity index (χ4n) is 4.31. The molecular formula is C24H28N4O3. The molecule has 7 heteroatoms. The van der Waals surface area contributed by atoms with Gasteiger partial charge in [-0.2, -0.15) is 0 Å². The molecule has 0 radical (unpaired) electrons. The maximum Gasteiger partial charge on any atom is 0.227 e. The number of aromatic nitrogens is 1. The number of pyridine rings is 1. The van der Waals surface area contributed by atoms with Crippen LogP contribution in [0.1, 0.15) is 35.8 Å². The van der Waals surface area contributed by atoms with Crippen LogP contribution in [-0.4, -0.2) is 65.1 Å². The number of rotatable bonds is 5. The Balaban J connectivity index is 1.32. The van der Waals surface area contributed by atoms with Gasteiger partial charge in [-0.25, -0.2) is 0 Å². The number of nitrogens with zero attached hydrogens (tertiary/aromatic N) is 4. The molecule has 162 valence electrons. The van der Waals surface area contributed by atoms with E-state index in [1.54, 1.807) is 18.0 Å². The number of likely N-dealkylation sites (tertiary alicyclic amines) is 1. The highest BCUT2D eigenvalue weighted by Crippen LogP contribution is 2.23. The van der Waals surface area contributed by atoms with Crippen LogP contribution in [0.3, 0.4) is 0 Å². The van der Waals surface area contributed by atoms with E-state index in [0.29, 0.717) is 44.6 Å². The summed E-state index contributed by atoms with van der Waals surface area (Å²) < 4.78 is 0. The maximum absolute atomic E-state index is 13.1. The van der Waals surface area contributed by atoms with Crippen LogP contribution >= 0.6 is 0 Å². The van der Waals surface area contributed by atoms with E-state index < -0.39 is 0 Å². The van der Waals surface area contributed by atoms with Crippen molar-refractivity contribution in [2.24, 2.45) is 5.92 Å². The van der Waals surface area contributed by atoms with Crippen molar-refractivity contribution in [1.29, 1.82) is 0 Å². The molecule has 2 amide bonds. The minimum atomic E-state index is -0.150. The summed E-state index contributed by atoms with van der Waals surface area (Å²) in [6.45, 7) is 5.32. The molecule has 2 saturated heterocycles. The number of hydrogen-bond donors (Lipinski definition) is 0. The van der Waals surface area contributed by atoms with Crippen molar-refractivity contribution < 1.29 is 14.4 Å². The molecule has 1 aromatic heterocycles. The minimum Gasteiger partial charge on any atom is -0.368 e. The van der Waals surface area contributed by atoms with Gasteiger partial charge < -0.3 is 14.7 Å². The van der Waals surface area contributed by atoms with E-state index in [9.17, 15) is 14.4 Å². The number of benzene rings is 1. The highest BCUT2D eigenvalue weighted by Gasteiger charge is 2.34. The van der Waals surface area contributed by atoms with Crippen LogP contribution in [0, 0.1) is 5.92 Å². The number of ketones is 1. The van der Waals surface area contributed by atoms with Gasteiger partial charge in [-0.3, -0.25) is 19.4 Å². The molecule has 4 rings (SSSR count). The minimum absolute atomic E-state index is 0.0602. The summed E-state index contributed by atoms with van der Waals surface area (Å²) in [5, 5.41) is 0. The second-order valence-electron chi connectivity index (χ2n) is 8.25. The van der Waals surface area contributed by atoms with E-state index in [1.165, 1.54) is 0 Å².